The van der Waals surface area contributed by atoms with Crippen molar-refractivity contribution in [1.82, 2.24) is 0 Å². The number of halogens is 5. The van der Waals surface area contributed by atoms with Gasteiger partial charge in [0.2, 0.25) is 0 Å². The van der Waals surface area contributed by atoms with E-state index in [0.29, 0.717) is 0 Å². The average molecular weight is 362 g/mol. The van der Waals surface area contributed by atoms with E-state index in [1.165, 1.54) is 6.08 Å². The van der Waals surface area contributed by atoms with Crippen molar-refractivity contribution in [2.45, 2.75) is 12.1 Å². The van der Waals surface area contributed by atoms with Gasteiger partial charge in [0.25, 0.3) is 0 Å². The minimum atomic E-state index is -5.85. The molecule has 0 saturated heterocycles. The molecular weight excluding hydrogens is 347 g/mol. The van der Waals surface area contributed by atoms with Gasteiger partial charge in [-0.05, 0) is 0 Å². The minimum absolute atomic E-state index is 0.0377. The third-order valence-corrected chi connectivity index (χ3v) is 2.12. The number of alkyl halides is 5. The van der Waals surface area contributed by atoms with Gasteiger partial charge < -0.3 is 18.9 Å². The number of ether oxygens (including phenoxy) is 4. The monoisotopic (exact) mass is 362 g/mol. The normalized spacial score (nSPS) is 11.5. The van der Waals surface area contributed by atoms with Crippen LogP contribution < -0.4 is 0 Å². The maximum Gasteiger partial charge on any atom is 0.508 e. The van der Waals surface area contributed by atoms with E-state index >= 15 is 0 Å². The Labute approximate surface area is 133 Å². The highest BCUT2D eigenvalue weighted by molar-refractivity contribution is 5.87. The molecule has 0 aliphatic heterocycles. The van der Waals surface area contributed by atoms with E-state index in [2.05, 4.69) is 27.4 Å². The molecule has 0 saturated carbocycles. The first-order chi connectivity index (χ1) is 11.0. The number of esters is 1. The lowest BCUT2D eigenvalue weighted by molar-refractivity contribution is -0.293. The van der Waals surface area contributed by atoms with E-state index in [1.807, 2.05) is 0 Å². The Bertz CT molecular complexity index is 460. The van der Waals surface area contributed by atoms with E-state index in [1.54, 1.807) is 0 Å². The van der Waals surface area contributed by atoms with Gasteiger partial charge in [-0.25, -0.2) is 9.59 Å². The summed E-state index contributed by atoms with van der Waals surface area (Å²) in [7, 11) is 0. The second-order valence-electron chi connectivity index (χ2n) is 4.13. The van der Waals surface area contributed by atoms with Crippen LogP contribution in [0.4, 0.5) is 26.7 Å². The summed E-state index contributed by atoms with van der Waals surface area (Å²) in [4.78, 5) is 22.2. The zero-order valence-electron chi connectivity index (χ0n) is 12.4. The van der Waals surface area contributed by atoms with Gasteiger partial charge in [-0.15, -0.1) is 6.58 Å². The Kier molecular flexibility index (Phi) is 8.96. The summed E-state index contributed by atoms with van der Waals surface area (Å²) in [5.41, 5.74) is -0.0377. The second-order valence-corrected chi connectivity index (χ2v) is 4.13. The topological polar surface area (TPSA) is 71.1 Å². The van der Waals surface area contributed by atoms with Gasteiger partial charge in [-0.1, -0.05) is 12.7 Å². The molecule has 0 heterocycles. The Balaban J connectivity index is 3.92. The predicted molar refractivity (Wildman–Crippen MR) is 69.4 cm³/mol. The molecule has 0 rings (SSSR count). The van der Waals surface area contributed by atoms with Crippen LogP contribution in [0, 0.1) is 0 Å². The standard InChI is InChI=1S/C13H15F5O6/c1-3-4-21-7-9(2)10(19)22-5-6-23-11(20)24-8-12(14,15)13(16,17)18/h3H,1-2,4-8H2. The van der Waals surface area contributed by atoms with Crippen LogP contribution in [0.15, 0.2) is 24.8 Å². The van der Waals surface area contributed by atoms with E-state index in [4.69, 9.17) is 4.74 Å². The van der Waals surface area contributed by atoms with E-state index in [-0.39, 0.29) is 18.8 Å². The maximum absolute atomic E-state index is 12.4. The number of rotatable bonds is 10. The van der Waals surface area contributed by atoms with Crippen LogP contribution in [0.5, 0.6) is 0 Å². The van der Waals surface area contributed by atoms with E-state index < -0.39 is 44.0 Å². The molecule has 0 unspecified atom stereocenters. The van der Waals surface area contributed by atoms with Crippen LogP contribution in [-0.4, -0.2) is 57.3 Å². The zero-order valence-corrected chi connectivity index (χ0v) is 12.4. The highest BCUT2D eigenvalue weighted by Crippen LogP contribution is 2.35. The fourth-order valence-electron chi connectivity index (χ4n) is 0.959. The summed E-state index contributed by atoms with van der Waals surface area (Å²) >= 11 is 0. The van der Waals surface area contributed by atoms with Crippen molar-refractivity contribution in [3.05, 3.63) is 24.8 Å². The molecule has 0 bridgehead atoms. The third kappa shape index (κ3) is 8.46. The van der Waals surface area contributed by atoms with Gasteiger partial charge in [0, 0.05) is 0 Å². The molecule has 0 radical (unpaired) electrons. The predicted octanol–water partition coefficient (Wildman–Crippen LogP) is 2.64. The number of hydrogen-bond acceptors (Lipinski definition) is 6. The number of carbonyl (C=O) groups excluding carboxylic acids is 2. The van der Waals surface area contributed by atoms with Crippen molar-refractivity contribution >= 4 is 12.1 Å². The highest BCUT2D eigenvalue weighted by atomic mass is 19.4. The lowest BCUT2D eigenvalue weighted by Crippen LogP contribution is -2.41. The molecule has 0 atom stereocenters. The van der Waals surface area contributed by atoms with Crippen molar-refractivity contribution in [2.24, 2.45) is 0 Å². The molecule has 0 aromatic rings. The van der Waals surface area contributed by atoms with E-state index in [0.717, 1.165) is 0 Å². The van der Waals surface area contributed by atoms with Crippen LogP contribution >= 0.6 is 0 Å². The molecule has 0 fully saturated rings. The SMILES string of the molecule is C=CCOCC(=C)C(=O)OCCOC(=O)OCC(F)(F)C(F)(F)F. The summed E-state index contributed by atoms with van der Waals surface area (Å²) in [5, 5.41) is 0. The van der Waals surface area contributed by atoms with Gasteiger partial charge in [-0.3, -0.25) is 0 Å². The van der Waals surface area contributed by atoms with Crippen LogP contribution in [0.25, 0.3) is 0 Å². The highest BCUT2D eigenvalue weighted by Gasteiger charge is 2.58. The molecule has 6 nitrogen and oxygen atoms in total. The van der Waals surface area contributed by atoms with Crippen LogP contribution in [-0.2, 0) is 23.7 Å². The lowest BCUT2D eigenvalue weighted by atomic mass is 10.3. The summed E-state index contributed by atoms with van der Waals surface area (Å²) < 4.78 is 77.6. The molecule has 0 spiro atoms. The molecule has 0 aliphatic rings. The third-order valence-electron chi connectivity index (χ3n) is 2.12. The Morgan fingerprint density at radius 1 is 1.00 bits per heavy atom. The summed E-state index contributed by atoms with van der Waals surface area (Å²) in [6, 6.07) is 0. The van der Waals surface area contributed by atoms with Gasteiger partial charge in [-0.2, -0.15) is 22.0 Å². The van der Waals surface area contributed by atoms with Gasteiger partial charge in [0.15, 0.2) is 6.61 Å². The van der Waals surface area contributed by atoms with Gasteiger partial charge >= 0.3 is 24.2 Å². The molecule has 138 valence electrons. The number of carbonyl (C=O) groups is 2. The van der Waals surface area contributed by atoms with Crippen molar-refractivity contribution in [1.29, 1.82) is 0 Å². The Morgan fingerprint density at radius 2 is 1.58 bits per heavy atom. The Hall–Kier alpha value is -2.17. The van der Waals surface area contributed by atoms with Crippen LogP contribution in [0.1, 0.15) is 0 Å². The van der Waals surface area contributed by atoms with Crippen molar-refractivity contribution in [2.75, 3.05) is 33.0 Å². The molecule has 11 heteroatoms. The van der Waals surface area contributed by atoms with Crippen LogP contribution in [0.2, 0.25) is 0 Å². The zero-order chi connectivity index (χ0) is 18.8. The smallest absolute Gasteiger partial charge is 0.459 e. The Morgan fingerprint density at radius 3 is 2.12 bits per heavy atom. The van der Waals surface area contributed by atoms with Gasteiger partial charge in [0.05, 0.1) is 18.8 Å². The molecule has 0 aliphatic carbocycles. The summed E-state index contributed by atoms with van der Waals surface area (Å²) in [6.07, 6.45) is -6.17. The molecular formula is C13H15F5O6. The van der Waals surface area contributed by atoms with Crippen molar-refractivity contribution < 1.29 is 50.5 Å². The minimum Gasteiger partial charge on any atom is -0.459 e. The molecule has 0 aromatic heterocycles. The fourth-order valence-corrected chi connectivity index (χ4v) is 0.959. The summed E-state index contributed by atoms with van der Waals surface area (Å²) in [6.45, 7) is 3.50. The lowest BCUT2D eigenvalue weighted by Gasteiger charge is -2.18. The first-order valence-electron chi connectivity index (χ1n) is 6.29. The first-order valence-corrected chi connectivity index (χ1v) is 6.29. The quantitative estimate of drug-likeness (QED) is 0.196. The first kappa shape index (κ1) is 21.8. The second kappa shape index (κ2) is 9.85. The van der Waals surface area contributed by atoms with Crippen molar-refractivity contribution in [3.63, 3.8) is 0 Å². The van der Waals surface area contributed by atoms with Crippen LogP contribution in [0.3, 0.4) is 0 Å². The maximum atomic E-state index is 12.4. The summed E-state index contributed by atoms with van der Waals surface area (Å²) in [5.74, 6) is -6.05. The molecule has 0 N–H and O–H groups in total. The van der Waals surface area contributed by atoms with Crippen molar-refractivity contribution in [3.8, 4) is 0 Å². The molecule has 0 amide bonds. The fraction of sp³-hybridized carbons (Fsp3) is 0.538. The molecule has 0 aromatic carbocycles. The molecule has 24 heavy (non-hydrogen) atoms. The number of hydrogen-bond donors (Lipinski definition) is 0. The van der Waals surface area contributed by atoms with E-state index in [9.17, 15) is 31.5 Å². The largest absolute Gasteiger partial charge is 0.508 e. The van der Waals surface area contributed by atoms with Gasteiger partial charge in [0.1, 0.15) is 13.2 Å². The average Bonchev–Trinajstić information content (AvgIpc) is 2.48.